The van der Waals surface area contributed by atoms with Crippen molar-refractivity contribution in [1.82, 2.24) is 5.32 Å². The Kier molecular flexibility index (Phi) is 4.24. The molecule has 0 aromatic heterocycles. The van der Waals surface area contributed by atoms with Gasteiger partial charge in [-0.2, -0.15) is 0 Å². The highest BCUT2D eigenvalue weighted by atomic mass is 16.5. The normalized spacial score (nSPS) is 19.5. The van der Waals surface area contributed by atoms with Crippen LogP contribution in [0.2, 0.25) is 0 Å². The largest absolute Gasteiger partial charge is 0.494 e. The number of anilines is 1. The van der Waals surface area contributed by atoms with Gasteiger partial charge in [0, 0.05) is 5.69 Å². The summed E-state index contributed by atoms with van der Waals surface area (Å²) >= 11 is 0. The molecule has 1 aliphatic heterocycles. The van der Waals surface area contributed by atoms with Crippen molar-refractivity contribution in [2.24, 2.45) is 0 Å². The molecule has 2 aromatic rings. The van der Waals surface area contributed by atoms with Crippen LogP contribution in [0.4, 0.5) is 5.69 Å². The molecule has 4 heteroatoms. The molecule has 0 fully saturated rings. The summed E-state index contributed by atoms with van der Waals surface area (Å²) in [6.45, 7) is 4.85. The van der Waals surface area contributed by atoms with Gasteiger partial charge in [-0.25, -0.2) is 0 Å². The van der Waals surface area contributed by atoms with Gasteiger partial charge in [0.25, 0.3) is 5.91 Å². The average molecular weight is 310 g/mol. The molecule has 1 heterocycles. The van der Waals surface area contributed by atoms with E-state index in [0.29, 0.717) is 12.2 Å². The third kappa shape index (κ3) is 2.89. The number of carbonyl (C=O) groups excluding carboxylic acids is 1. The fraction of sp³-hybridized carbons (Fsp3) is 0.316. The highest BCUT2D eigenvalue weighted by Crippen LogP contribution is 2.34. The Labute approximate surface area is 136 Å². The molecule has 1 unspecified atom stereocenters. The van der Waals surface area contributed by atoms with Crippen molar-refractivity contribution >= 4 is 11.6 Å². The molecular formula is C19H22N2O2. The van der Waals surface area contributed by atoms with Gasteiger partial charge in [-0.15, -0.1) is 0 Å². The highest BCUT2D eigenvalue weighted by Gasteiger charge is 2.37. The van der Waals surface area contributed by atoms with E-state index in [9.17, 15) is 4.79 Å². The van der Waals surface area contributed by atoms with E-state index in [1.807, 2.05) is 48.5 Å². The van der Waals surface area contributed by atoms with E-state index >= 15 is 0 Å². The van der Waals surface area contributed by atoms with E-state index in [-0.39, 0.29) is 5.91 Å². The maximum absolute atomic E-state index is 12.5. The van der Waals surface area contributed by atoms with Crippen molar-refractivity contribution in [3.63, 3.8) is 0 Å². The maximum atomic E-state index is 12.5. The lowest BCUT2D eigenvalue weighted by Crippen LogP contribution is -2.54. The van der Waals surface area contributed by atoms with Crippen LogP contribution in [0, 0.1) is 0 Å². The van der Waals surface area contributed by atoms with Crippen LogP contribution in [0.15, 0.2) is 48.5 Å². The second-order valence-electron chi connectivity index (χ2n) is 5.76. The molecule has 2 aromatic carbocycles. The minimum atomic E-state index is -0.589. The van der Waals surface area contributed by atoms with Crippen LogP contribution < -0.4 is 15.4 Å². The maximum Gasteiger partial charge on any atom is 0.255 e. The number of carbonyl (C=O) groups is 1. The fourth-order valence-electron chi connectivity index (χ4n) is 2.89. The van der Waals surface area contributed by atoms with E-state index < -0.39 is 5.66 Å². The Morgan fingerprint density at radius 3 is 2.43 bits per heavy atom. The molecule has 0 bridgehead atoms. The summed E-state index contributed by atoms with van der Waals surface area (Å²) in [5.74, 6) is 0.803. The van der Waals surface area contributed by atoms with Gasteiger partial charge in [0.05, 0.1) is 12.2 Å². The predicted octanol–water partition coefficient (Wildman–Crippen LogP) is 3.89. The Hall–Kier alpha value is -2.49. The van der Waals surface area contributed by atoms with Crippen molar-refractivity contribution in [2.45, 2.75) is 32.4 Å². The molecule has 120 valence electrons. The number of nitrogens with one attached hydrogen (secondary N) is 2. The van der Waals surface area contributed by atoms with Crippen LogP contribution >= 0.6 is 0 Å². The van der Waals surface area contributed by atoms with Gasteiger partial charge in [-0.1, -0.05) is 38.1 Å². The third-order valence-electron chi connectivity index (χ3n) is 4.20. The van der Waals surface area contributed by atoms with E-state index in [2.05, 4.69) is 24.5 Å². The van der Waals surface area contributed by atoms with Crippen LogP contribution in [0.5, 0.6) is 5.75 Å². The molecule has 1 atom stereocenters. The molecule has 0 saturated heterocycles. The quantitative estimate of drug-likeness (QED) is 0.881. The molecule has 0 spiro atoms. The number of benzene rings is 2. The van der Waals surface area contributed by atoms with Crippen LogP contribution in [0.25, 0.3) is 0 Å². The number of rotatable bonds is 5. The van der Waals surface area contributed by atoms with Crippen molar-refractivity contribution in [2.75, 3.05) is 11.9 Å². The molecule has 0 saturated carbocycles. The molecule has 1 aliphatic rings. The Morgan fingerprint density at radius 2 is 1.74 bits per heavy atom. The molecule has 0 aliphatic carbocycles. The molecule has 1 amide bonds. The lowest BCUT2D eigenvalue weighted by molar-refractivity contribution is 0.0896. The summed E-state index contributed by atoms with van der Waals surface area (Å²) in [4.78, 5) is 12.5. The molecular weight excluding hydrogens is 288 g/mol. The van der Waals surface area contributed by atoms with Gasteiger partial charge in [-0.05, 0) is 42.7 Å². The standard InChI is InChI=1S/C19H22N2O2/c1-3-13-23-15-11-9-14(10-12-15)19(4-2)20-17-8-6-5-7-16(17)18(22)21-19/h5-12,20H,3-4,13H2,1-2H3,(H,21,22). The Morgan fingerprint density at radius 1 is 1.00 bits per heavy atom. The molecule has 4 nitrogen and oxygen atoms in total. The van der Waals surface area contributed by atoms with Gasteiger partial charge in [-0.3, -0.25) is 4.79 Å². The van der Waals surface area contributed by atoms with E-state index in [0.717, 1.165) is 29.8 Å². The van der Waals surface area contributed by atoms with Crippen LogP contribution in [-0.2, 0) is 5.66 Å². The smallest absolute Gasteiger partial charge is 0.255 e. The fourth-order valence-corrected chi connectivity index (χ4v) is 2.89. The van der Waals surface area contributed by atoms with Crippen molar-refractivity contribution in [3.8, 4) is 5.75 Å². The second-order valence-corrected chi connectivity index (χ2v) is 5.76. The van der Waals surface area contributed by atoms with Crippen molar-refractivity contribution < 1.29 is 9.53 Å². The van der Waals surface area contributed by atoms with Gasteiger partial charge in [0.15, 0.2) is 0 Å². The first-order chi connectivity index (χ1) is 11.2. The number of ether oxygens (including phenoxy) is 1. The first-order valence-electron chi connectivity index (χ1n) is 8.11. The third-order valence-corrected chi connectivity index (χ3v) is 4.20. The summed E-state index contributed by atoms with van der Waals surface area (Å²) in [5.41, 5.74) is 1.98. The predicted molar refractivity (Wildman–Crippen MR) is 91.7 cm³/mol. The van der Waals surface area contributed by atoms with Gasteiger partial charge < -0.3 is 15.4 Å². The summed E-state index contributed by atoms with van der Waals surface area (Å²) < 4.78 is 5.63. The van der Waals surface area contributed by atoms with Crippen LogP contribution in [0.1, 0.15) is 42.6 Å². The number of amides is 1. The lowest BCUT2D eigenvalue weighted by Gasteiger charge is -2.40. The minimum Gasteiger partial charge on any atom is -0.494 e. The summed E-state index contributed by atoms with van der Waals surface area (Å²) in [6.07, 6.45) is 1.72. The van der Waals surface area contributed by atoms with E-state index in [1.165, 1.54) is 0 Å². The Balaban J connectivity index is 1.92. The topological polar surface area (TPSA) is 50.4 Å². The zero-order valence-electron chi connectivity index (χ0n) is 13.6. The average Bonchev–Trinajstić information content (AvgIpc) is 2.60. The zero-order valence-corrected chi connectivity index (χ0v) is 13.6. The monoisotopic (exact) mass is 310 g/mol. The van der Waals surface area contributed by atoms with Crippen LogP contribution in [-0.4, -0.2) is 12.5 Å². The Bertz CT molecular complexity index is 697. The molecule has 0 radical (unpaired) electrons. The molecule has 2 N–H and O–H groups in total. The van der Waals surface area contributed by atoms with Crippen LogP contribution in [0.3, 0.4) is 0 Å². The van der Waals surface area contributed by atoms with Gasteiger partial charge >= 0.3 is 0 Å². The summed E-state index contributed by atoms with van der Waals surface area (Å²) in [6, 6.07) is 15.5. The number of fused-ring (bicyclic) bond motifs is 1. The first-order valence-corrected chi connectivity index (χ1v) is 8.11. The van der Waals surface area contributed by atoms with Gasteiger partial charge in [0.1, 0.15) is 11.4 Å². The SMILES string of the molecule is CCCOc1ccc(C2(CC)NC(=O)c3ccccc3N2)cc1. The number of hydrogen-bond donors (Lipinski definition) is 2. The molecule has 3 rings (SSSR count). The zero-order chi connectivity index (χ0) is 16.3. The lowest BCUT2D eigenvalue weighted by atomic mass is 9.92. The van der Waals surface area contributed by atoms with E-state index in [1.54, 1.807) is 0 Å². The minimum absolute atomic E-state index is 0.0486. The number of hydrogen-bond acceptors (Lipinski definition) is 3. The van der Waals surface area contributed by atoms with Crippen molar-refractivity contribution in [3.05, 3.63) is 59.7 Å². The van der Waals surface area contributed by atoms with E-state index in [4.69, 9.17) is 4.74 Å². The highest BCUT2D eigenvalue weighted by molar-refractivity contribution is 6.02. The summed E-state index contributed by atoms with van der Waals surface area (Å²) in [7, 11) is 0. The summed E-state index contributed by atoms with van der Waals surface area (Å²) in [5, 5.41) is 6.62. The van der Waals surface area contributed by atoms with Crippen molar-refractivity contribution in [1.29, 1.82) is 0 Å². The first kappa shape index (κ1) is 15.4. The number of para-hydroxylation sites is 1. The second kappa shape index (κ2) is 6.32. The van der Waals surface area contributed by atoms with Gasteiger partial charge in [0.2, 0.25) is 0 Å². The molecule has 23 heavy (non-hydrogen) atoms.